The van der Waals surface area contributed by atoms with Gasteiger partial charge in [0.1, 0.15) is 0 Å². The molecule has 1 N–H and O–H groups in total. The summed E-state index contributed by atoms with van der Waals surface area (Å²) in [5.74, 6) is -1.77. The van der Waals surface area contributed by atoms with Gasteiger partial charge in [-0.25, -0.2) is 4.79 Å². The number of carbonyl (C=O) groups is 2. The van der Waals surface area contributed by atoms with E-state index in [1.54, 1.807) is 12.1 Å². The molecule has 0 saturated carbocycles. The van der Waals surface area contributed by atoms with Crippen LogP contribution in [0.4, 0.5) is 0 Å². The van der Waals surface area contributed by atoms with Gasteiger partial charge in [0.15, 0.2) is 5.76 Å². The second-order valence-corrected chi connectivity index (χ2v) is 3.29. The minimum Gasteiger partial charge on any atom is -0.475 e. The number of furan rings is 1. The Labute approximate surface area is 85.0 Å². The van der Waals surface area contributed by atoms with Crippen molar-refractivity contribution < 1.29 is 23.8 Å². The molecular formula is C10H8O5. The topological polar surface area (TPSA) is 76.7 Å². The molecule has 0 bridgehead atoms. The number of ether oxygens (including phenoxy) is 1. The monoisotopic (exact) mass is 208 g/mol. The lowest BCUT2D eigenvalue weighted by molar-refractivity contribution is -0.142. The Morgan fingerprint density at radius 2 is 2.27 bits per heavy atom. The van der Waals surface area contributed by atoms with Crippen LogP contribution in [0.15, 0.2) is 34.6 Å². The van der Waals surface area contributed by atoms with Crippen molar-refractivity contribution in [3.8, 4) is 0 Å². The lowest BCUT2D eigenvalue weighted by Gasteiger charge is -2.19. The van der Waals surface area contributed by atoms with E-state index in [1.165, 1.54) is 13.2 Å². The van der Waals surface area contributed by atoms with Crippen molar-refractivity contribution in [3.63, 3.8) is 0 Å². The van der Waals surface area contributed by atoms with Crippen molar-refractivity contribution in [2.75, 3.05) is 0 Å². The maximum absolute atomic E-state index is 11.6. The number of hydrogen-bond donors (Lipinski definition) is 1. The number of carboxylic acid groups (broad SMARTS) is 1. The lowest BCUT2D eigenvalue weighted by atomic mass is 9.99. The highest BCUT2D eigenvalue weighted by Gasteiger charge is 2.45. The van der Waals surface area contributed by atoms with Crippen molar-refractivity contribution in [2.45, 2.75) is 12.5 Å². The fourth-order valence-electron chi connectivity index (χ4n) is 1.38. The van der Waals surface area contributed by atoms with Crippen LogP contribution in [0.25, 0.3) is 0 Å². The van der Waals surface area contributed by atoms with Crippen LogP contribution in [0.3, 0.4) is 0 Å². The molecule has 0 fully saturated rings. The van der Waals surface area contributed by atoms with Crippen LogP contribution in [0.1, 0.15) is 12.7 Å². The molecule has 1 aliphatic rings. The maximum Gasteiger partial charge on any atom is 0.371 e. The van der Waals surface area contributed by atoms with Gasteiger partial charge in [-0.2, -0.15) is 0 Å². The first-order chi connectivity index (χ1) is 7.04. The SMILES string of the molecule is CC1(c2ccco2)OC(C(=O)O)=CC1=O. The van der Waals surface area contributed by atoms with E-state index in [0.717, 1.165) is 6.08 Å². The minimum atomic E-state index is -1.35. The second-order valence-electron chi connectivity index (χ2n) is 3.29. The molecule has 0 amide bonds. The van der Waals surface area contributed by atoms with E-state index < -0.39 is 17.4 Å². The molecule has 5 heteroatoms. The number of ketones is 1. The van der Waals surface area contributed by atoms with Gasteiger partial charge in [0.05, 0.1) is 6.26 Å². The van der Waals surface area contributed by atoms with Gasteiger partial charge in [0.25, 0.3) is 0 Å². The van der Waals surface area contributed by atoms with E-state index in [2.05, 4.69) is 0 Å². The summed E-state index contributed by atoms with van der Waals surface area (Å²) < 4.78 is 10.1. The highest BCUT2D eigenvalue weighted by molar-refractivity contribution is 6.05. The Morgan fingerprint density at radius 3 is 2.73 bits per heavy atom. The molecule has 1 aliphatic heterocycles. The van der Waals surface area contributed by atoms with Gasteiger partial charge in [0, 0.05) is 6.08 Å². The predicted molar refractivity (Wildman–Crippen MR) is 47.9 cm³/mol. The van der Waals surface area contributed by atoms with E-state index in [1.807, 2.05) is 0 Å². The zero-order chi connectivity index (χ0) is 11.1. The molecule has 15 heavy (non-hydrogen) atoms. The zero-order valence-corrected chi connectivity index (χ0v) is 7.89. The molecule has 0 radical (unpaired) electrons. The van der Waals surface area contributed by atoms with Crippen LogP contribution in [-0.4, -0.2) is 16.9 Å². The number of carbonyl (C=O) groups excluding carboxylic acids is 1. The average molecular weight is 208 g/mol. The number of rotatable bonds is 2. The minimum absolute atomic E-state index is 0.292. The van der Waals surface area contributed by atoms with Crippen LogP contribution in [0.5, 0.6) is 0 Å². The number of aliphatic carboxylic acids is 1. The summed E-state index contributed by atoms with van der Waals surface area (Å²) in [6.07, 6.45) is 2.36. The molecule has 1 unspecified atom stereocenters. The molecular weight excluding hydrogens is 200 g/mol. The first-order valence-electron chi connectivity index (χ1n) is 4.26. The van der Waals surface area contributed by atoms with Crippen molar-refractivity contribution >= 4 is 11.8 Å². The quantitative estimate of drug-likeness (QED) is 0.786. The van der Waals surface area contributed by atoms with Crippen LogP contribution in [-0.2, 0) is 19.9 Å². The summed E-state index contributed by atoms with van der Waals surface area (Å²) >= 11 is 0. The van der Waals surface area contributed by atoms with Gasteiger partial charge < -0.3 is 14.3 Å². The second kappa shape index (κ2) is 2.98. The van der Waals surface area contributed by atoms with Gasteiger partial charge in [-0.3, -0.25) is 4.79 Å². The van der Waals surface area contributed by atoms with Gasteiger partial charge in [0.2, 0.25) is 17.1 Å². The lowest BCUT2D eigenvalue weighted by Crippen LogP contribution is -2.29. The van der Waals surface area contributed by atoms with E-state index in [-0.39, 0.29) is 5.76 Å². The van der Waals surface area contributed by atoms with Crippen LogP contribution >= 0.6 is 0 Å². The summed E-state index contributed by atoms with van der Waals surface area (Å²) in [4.78, 5) is 22.2. The van der Waals surface area contributed by atoms with Crippen molar-refractivity contribution in [1.82, 2.24) is 0 Å². The zero-order valence-electron chi connectivity index (χ0n) is 7.89. The molecule has 1 aromatic heterocycles. The van der Waals surface area contributed by atoms with Crippen LogP contribution in [0.2, 0.25) is 0 Å². The van der Waals surface area contributed by atoms with E-state index >= 15 is 0 Å². The van der Waals surface area contributed by atoms with Gasteiger partial charge in [-0.15, -0.1) is 0 Å². The third-order valence-corrected chi connectivity index (χ3v) is 2.25. The fraction of sp³-hybridized carbons (Fsp3) is 0.200. The average Bonchev–Trinajstić information content (AvgIpc) is 2.76. The Bertz CT molecular complexity index is 442. The predicted octanol–water partition coefficient (Wildman–Crippen LogP) is 1.06. The van der Waals surface area contributed by atoms with E-state index in [4.69, 9.17) is 14.3 Å². The Morgan fingerprint density at radius 1 is 1.53 bits per heavy atom. The Hall–Kier alpha value is -2.04. The van der Waals surface area contributed by atoms with Crippen molar-refractivity contribution in [1.29, 1.82) is 0 Å². The summed E-state index contributed by atoms with van der Waals surface area (Å²) in [5.41, 5.74) is -1.35. The Kier molecular flexibility index (Phi) is 1.89. The van der Waals surface area contributed by atoms with Gasteiger partial charge in [-0.1, -0.05) is 0 Å². The summed E-state index contributed by atoms with van der Waals surface area (Å²) in [5, 5.41) is 8.68. The highest BCUT2D eigenvalue weighted by atomic mass is 16.5. The first kappa shape index (κ1) is 9.51. The molecule has 2 heterocycles. The van der Waals surface area contributed by atoms with Crippen LogP contribution in [0, 0.1) is 0 Å². The summed E-state index contributed by atoms with van der Waals surface area (Å²) in [7, 11) is 0. The van der Waals surface area contributed by atoms with Gasteiger partial charge in [-0.05, 0) is 19.1 Å². The molecule has 2 rings (SSSR count). The van der Waals surface area contributed by atoms with E-state index in [0.29, 0.717) is 5.76 Å². The van der Waals surface area contributed by atoms with Crippen molar-refractivity contribution in [3.05, 3.63) is 36.0 Å². The number of carboxylic acids is 1. The smallest absolute Gasteiger partial charge is 0.371 e. The molecule has 1 aromatic rings. The summed E-state index contributed by atoms with van der Waals surface area (Å²) in [6, 6.07) is 3.17. The normalized spacial score (nSPS) is 24.9. The standard InChI is InChI=1S/C10H8O5/c1-10(8-3-2-4-14-8)7(11)5-6(15-10)9(12)13/h2-5H,1H3,(H,12,13). The first-order valence-corrected chi connectivity index (χ1v) is 4.26. The fourth-order valence-corrected chi connectivity index (χ4v) is 1.38. The third kappa shape index (κ3) is 1.32. The Balaban J connectivity index is 2.36. The molecule has 0 saturated heterocycles. The van der Waals surface area contributed by atoms with Crippen molar-refractivity contribution in [2.24, 2.45) is 0 Å². The third-order valence-electron chi connectivity index (χ3n) is 2.25. The highest BCUT2D eigenvalue weighted by Crippen LogP contribution is 2.34. The largest absolute Gasteiger partial charge is 0.475 e. The molecule has 0 spiro atoms. The summed E-state index contributed by atoms with van der Waals surface area (Å²) in [6.45, 7) is 1.47. The molecule has 1 atom stereocenters. The molecule has 5 nitrogen and oxygen atoms in total. The van der Waals surface area contributed by atoms with Gasteiger partial charge >= 0.3 is 5.97 Å². The molecule has 0 aromatic carbocycles. The molecule has 0 aliphatic carbocycles. The maximum atomic E-state index is 11.6. The molecule has 78 valence electrons. The van der Waals surface area contributed by atoms with Crippen LogP contribution < -0.4 is 0 Å². The number of hydrogen-bond acceptors (Lipinski definition) is 4. The van der Waals surface area contributed by atoms with E-state index in [9.17, 15) is 9.59 Å².